The maximum absolute atomic E-state index is 13.3. The van der Waals surface area contributed by atoms with Crippen LogP contribution in [0.3, 0.4) is 0 Å². The number of halogens is 1. The Bertz CT molecular complexity index is 818. The Balaban J connectivity index is 1.59. The molecule has 1 aromatic heterocycles. The van der Waals surface area contributed by atoms with Crippen LogP contribution < -0.4 is 20.7 Å². The van der Waals surface area contributed by atoms with Crippen molar-refractivity contribution in [2.24, 2.45) is 5.73 Å². The quantitative estimate of drug-likeness (QED) is 0.855. The molecule has 1 aliphatic rings. The first-order valence-electron chi connectivity index (χ1n) is 8.00. The zero-order valence-electron chi connectivity index (χ0n) is 14.2. The van der Waals surface area contributed by atoms with Crippen LogP contribution in [0.4, 0.5) is 20.6 Å². The highest BCUT2D eigenvalue weighted by atomic mass is 32.1. The van der Waals surface area contributed by atoms with E-state index in [1.54, 1.807) is 22.4 Å². The third-order valence-electron chi connectivity index (χ3n) is 4.14. The number of rotatable bonds is 4. The number of amides is 3. The predicted molar refractivity (Wildman–Crippen MR) is 98.6 cm³/mol. The van der Waals surface area contributed by atoms with Gasteiger partial charge in [0, 0.05) is 37.6 Å². The van der Waals surface area contributed by atoms with Gasteiger partial charge in [0.25, 0.3) is 5.91 Å². The van der Waals surface area contributed by atoms with Crippen molar-refractivity contribution < 1.29 is 18.7 Å². The summed E-state index contributed by atoms with van der Waals surface area (Å²) in [6.45, 7) is 2.23. The molecule has 3 rings (SSSR count). The van der Waals surface area contributed by atoms with Crippen LogP contribution in [0.15, 0.2) is 29.6 Å². The monoisotopic (exact) mass is 378 g/mol. The minimum atomic E-state index is -0.516. The van der Waals surface area contributed by atoms with E-state index in [1.165, 1.54) is 30.6 Å². The Morgan fingerprint density at radius 3 is 2.58 bits per heavy atom. The van der Waals surface area contributed by atoms with Gasteiger partial charge in [-0.25, -0.2) is 9.18 Å². The molecule has 3 N–H and O–H groups in total. The van der Waals surface area contributed by atoms with Crippen molar-refractivity contribution in [2.75, 3.05) is 43.5 Å². The fourth-order valence-electron chi connectivity index (χ4n) is 2.80. The largest absolute Gasteiger partial charge is 0.494 e. The molecular weight excluding hydrogens is 359 g/mol. The molecule has 9 heteroatoms. The van der Waals surface area contributed by atoms with Crippen molar-refractivity contribution in [3.8, 4) is 5.75 Å². The van der Waals surface area contributed by atoms with E-state index in [9.17, 15) is 14.0 Å². The number of carbonyl (C=O) groups is 2. The Kier molecular flexibility index (Phi) is 5.27. The average Bonchev–Trinajstić information content (AvgIpc) is 3.10. The van der Waals surface area contributed by atoms with Gasteiger partial charge < -0.3 is 25.6 Å². The van der Waals surface area contributed by atoms with Gasteiger partial charge in [0.05, 0.1) is 23.4 Å². The number of nitrogens with one attached hydrogen (secondary N) is 1. The first-order valence-corrected chi connectivity index (χ1v) is 8.88. The molecule has 0 aliphatic carbocycles. The van der Waals surface area contributed by atoms with Crippen molar-refractivity contribution in [3.05, 3.63) is 40.3 Å². The molecule has 0 saturated carbocycles. The lowest BCUT2D eigenvalue weighted by Gasteiger charge is -2.36. The molecule has 7 nitrogen and oxygen atoms in total. The van der Waals surface area contributed by atoms with Crippen molar-refractivity contribution in [1.29, 1.82) is 0 Å². The van der Waals surface area contributed by atoms with Gasteiger partial charge in [0.1, 0.15) is 11.6 Å². The van der Waals surface area contributed by atoms with Gasteiger partial charge in [-0.2, -0.15) is 0 Å². The smallest absolute Gasteiger partial charge is 0.321 e. The van der Waals surface area contributed by atoms with Crippen molar-refractivity contribution in [2.45, 2.75) is 0 Å². The summed E-state index contributed by atoms with van der Waals surface area (Å²) in [6, 6.07) is 5.75. The second kappa shape index (κ2) is 7.61. The van der Waals surface area contributed by atoms with Gasteiger partial charge >= 0.3 is 6.03 Å². The number of carbonyl (C=O) groups excluding carboxylic acids is 2. The third-order valence-corrected chi connectivity index (χ3v) is 5.09. The fourth-order valence-corrected chi connectivity index (χ4v) is 3.49. The number of benzene rings is 1. The summed E-state index contributed by atoms with van der Waals surface area (Å²) in [5.74, 6) is -0.396. The molecule has 1 fully saturated rings. The molecule has 0 radical (unpaired) electrons. The maximum Gasteiger partial charge on any atom is 0.321 e. The summed E-state index contributed by atoms with van der Waals surface area (Å²) in [6.07, 6.45) is 0. The van der Waals surface area contributed by atoms with Gasteiger partial charge in [-0.3, -0.25) is 4.79 Å². The number of nitrogens with zero attached hydrogens (tertiary/aromatic N) is 2. The van der Waals surface area contributed by atoms with Crippen LogP contribution in [-0.2, 0) is 0 Å². The molecule has 2 heterocycles. The van der Waals surface area contributed by atoms with Gasteiger partial charge in [-0.15, -0.1) is 11.3 Å². The molecule has 26 heavy (non-hydrogen) atoms. The Hall–Kier alpha value is -2.81. The van der Waals surface area contributed by atoms with Crippen LogP contribution in [0, 0.1) is 5.82 Å². The minimum Gasteiger partial charge on any atom is -0.494 e. The molecule has 0 atom stereocenters. The Morgan fingerprint density at radius 2 is 1.96 bits per heavy atom. The Labute approximate surface area is 154 Å². The number of hydrogen-bond donors (Lipinski definition) is 2. The van der Waals surface area contributed by atoms with Gasteiger partial charge in [0.2, 0.25) is 0 Å². The number of anilines is 2. The highest BCUT2D eigenvalue weighted by Crippen LogP contribution is 2.29. The van der Waals surface area contributed by atoms with Gasteiger partial charge in [0.15, 0.2) is 0 Å². The number of primary amides is 1. The molecule has 0 spiro atoms. The summed E-state index contributed by atoms with van der Waals surface area (Å²) < 4.78 is 18.6. The number of ether oxygens (including phenoxy) is 1. The van der Waals surface area contributed by atoms with E-state index in [2.05, 4.69) is 10.2 Å². The van der Waals surface area contributed by atoms with Crippen LogP contribution in [0.1, 0.15) is 9.67 Å². The van der Waals surface area contributed by atoms with E-state index in [0.29, 0.717) is 42.5 Å². The van der Waals surface area contributed by atoms with Crippen molar-refractivity contribution in [3.63, 3.8) is 0 Å². The third kappa shape index (κ3) is 3.88. The topological polar surface area (TPSA) is 87.9 Å². The zero-order chi connectivity index (χ0) is 18.7. The molecule has 0 unspecified atom stereocenters. The number of piperazine rings is 1. The van der Waals surface area contributed by atoms with Crippen molar-refractivity contribution in [1.82, 2.24) is 4.90 Å². The number of methoxy groups -OCH3 is 1. The van der Waals surface area contributed by atoms with Crippen LogP contribution in [0.5, 0.6) is 5.75 Å². The fraction of sp³-hybridized carbons (Fsp3) is 0.294. The lowest BCUT2D eigenvalue weighted by molar-refractivity contribution is 0.100. The lowest BCUT2D eigenvalue weighted by atomic mass is 10.2. The molecular formula is C17H19FN4O3S. The number of hydrogen-bond acceptors (Lipinski definition) is 5. The maximum atomic E-state index is 13.3. The molecule has 2 aromatic rings. The molecule has 1 aliphatic heterocycles. The molecule has 3 amide bonds. The highest BCUT2D eigenvalue weighted by molar-refractivity contribution is 7.12. The van der Waals surface area contributed by atoms with E-state index in [1.807, 2.05) is 0 Å². The van der Waals surface area contributed by atoms with E-state index in [4.69, 9.17) is 10.5 Å². The van der Waals surface area contributed by atoms with E-state index >= 15 is 0 Å². The summed E-state index contributed by atoms with van der Waals surface area (Å²) in [4.78, 5) is 27.6. The second-order valence-corrected chi connectivity index (χ2v) is 6.70. The van der Waals surface area contributed by atoms with Crippen LogP contribution in [-0.4, -0.2) is 50.1 Å². The standard InChI is InChI=1S/C17H19FN4O3S/c1-25-14-8-11(18)2-3-13(14)21-4-6-22(7-5-21)17(24)20-12-9-15(16(19)23)26-10-12/h2-3,8-10H,4-7H2,1H3,(H2,19,23)(H,20,24). The number of urea groups is 1. The second-order valence-electron chi connectivity index (χ2n) is 5.78. The average molecular weight is 378 g/mol. The van der Waals surface area contributed by atoms with Gasteiger partial charge in [-0.05, 0) is 18.2 Å². The van der Waals surface area contributed by atoms with Crippen molar-refractivity contribution >= 4 is 34.6 Å². The van der Waals surface area contributed by atoms with Crippen LogP contribution in [0.25, 0.3) is 0 Å². The first kappa shape index (κ1) is 18.0. The predicted octanol–water partition coefficient (Wildman–Crippen LogP) is 2.35. The van der Waals surface area contributed by atoms with Gasteiger partial charge in [-0.1, -0.05) is 0 Å². The summed E-state index contributed by atoms with van der Waals surface area (Å²) in [7, 11) is 1.50. The molecule has 1 saturated heterocycles. The van der Waals surface area contributed by atoms with E-state index in [0.717, 1.165) is 5.69 Å². The Morgan fingerprint density at radius 1 is 1.23 bits per heavy atom. The lowest BCUT2D eigenvalue weighted by Crippen LogP contribution is -2.50. The summed E-state index contributed by atoms with van der Waals surface area (Å²) in [5, 5.41) is 4.45. The SMILES string of the molecule is COc1cc(F)ccc1N1CCN(C(=O)Nc2csc(C(N)=O)c2)CC1. The normalized spacial score (nSPS) is 14.2. The van der Waals surface area contributed by atoms with Crippen LogP contribution >= 0.6 is 11.3 Å². The number of nitrogens with two attached hydrogens (primary N) is 1. The first-order chi connectivity index (χ1) is 12.5. The molecule has 1 aromatic carbocycles. The number of thiophene rings is 1. The summed E-state index contributed by atoms with van der Waals surface area (Å²) in [5.41, 5.74) is 6.57. The van der Waals surface area contributed by atoms with E-state index in [-0.39, 0.29) is 11.8 Å². The molecule has 138 valence electrons. The summed E-state index contributed by atoms with van der Waals surface area (Å²) >= 11 is 1.19. The zero-order valence-corrected chi connectivity index (χ0v) is 15.0. The highest BCUT2D eigenvalue weighted by Gasteiger charge is 2.23. The molecule has 0 bridgehead atoms. The van der Waals surface area contributed by atoms with Crippen LogP contribution in [0.2, 0.25) is 0 Å². The van der Waals surface area contributed by atoms with E-state index < -0.39 is 5.91 Å². The minimum absolute atomic E-state index is 0.232.